The molecule has 6 nitrogen and oxygen atoms in total. The summed E-state index contributed by atoms with van der Waals surface area (Å²) in [7, 11) is -3.58. The van der Waals surface area contributed by atoms with Crippen LogP contribution in [0.4, 0.5) is 0 Å². The maximum atomic E-state index is 12.5. The normalized spacial score (nSPS) is 19.3. The first-order valence-corrected chi connectivity index (χ1v) is 8.18. The Morgan fingerprint density at radius 3 is 2.24 bits per heavy atom. The molecular weight excluding hydrogens is 294 g/mol. The average molecular weight is 313 g/mol. The molecule has 1 aliphatic heterocycles. The van der Waals surface area contributed by atoms with Gasteiger partial charge >= 0.3 is 5.97 Å². The number of aliphatic hydroxyl groups is 1. The fourth-order valence-electron chi connectivity index (χ4n) is 2.31. The number of hydrogen-bond donors (Lipinski definition) is 2. The van der Waals surface area contributed by atoms with Gasteiger partial charge in [0, 0.05) is 13.1 Å². The minimum absolute atomic E-state index is 0.132. The monoisotopic (exact) mass is 313 g/mol. The predicted octanol–water partition coefficient (Wildman–Crippen LogP) is 0.849. The molecule has 1 saturated heterocycles. The summed E-state index contributed by atoms with van der Waals surface area (Å²) in [5, 5.41) is 18.6. The summed E-state index contributed by atoms with van der Waals surface area (Å²) < 4.78 is 26.3. The second kappa shape index (κ2) is 5.75. The summed E-state index contributed by atoms with van der Waals surface area (Å²) in [5.41, 5.74) is -0.250. The highest BCUT2D eigenvalue weighted by Gasteiger charge is 2.33. The van der Waals surface area contributed by atoms with Gasteiger partial charge in [-0.3, -0.25) is 4.79 Å². The van der Waals surface area contributed by atoms with Gasteiger partial charge in [0.15, 0.2) is 0 Å². The van der Waals surface area contributed by atoms with Crippen molar-refractivity contribution >= 4 is 16.0 Å². The van der Waals surface area contributed by atoms with E-state index < -0.39 is 21.6 Å². The number of carbonyl (C=O) groups is 1. The van der Waals surface area contributed by atoms with Gasteiger partial charge in [-0.2, -0.15) is 4.31 Å². The van der Waals surface area contributed by atoms with Gasteiger partial charge in [0.2, 0.25) is 10.0 Å². The third-order valence-electron chi connectivity index (χ3n) is 3.72. The van der Waals surface area contributed by atoms with Crippen LogP contribution < -0.4 is 0 Å². The van der Waals surface area contributed by atoms with Gasteiger partial charge in [0.25, 0.3) is 0 Å². The van der Waals surface area contributed by atoms with Crippen molar-refractivity contribution in [2.45, 2.75) is 36.7 Å². The molecule has 116 valence electrons. The van der Waals surface area contributed by atoms with Crippen molar-refractivity contribution in [3.05, 3.63) is 29.8 Å². The topological polar surface area (TPSA) is 94.9 Å². The zero-order valence-electron chi connectivity index (χ0n) is 11.8. The summed E-state index contributed by atoms with van der Waals surface area (Å²) in [6.07, 6.45) is 0.680. The second-order valence-electron chi connectivity index (χ2n) is 5.62. The highest BCUT2D eigenvalue weighted by molar-refractivity contribution is 7.89. The Labute approximate surface area is 124 Å². The Morgan fingerprint density at radius 1 is 1.24 bits per heavy atom. The molecule has 0 aliphatic carbocycles. The molecule has 1 heterocycles. The third-order valence-corrected chi connectivity index (χ3v) is 5.63. The van der Waals surface area contributed by atoms with Gasteiger partial charge in [0.05, 0.1) is 16.9 Å². The maximum Gasteiger partial charge on any atom is 0.307 e. The van der Waals surface area contributed by atoms with Gasteiger partial charge in [-0.05, 0) is 37.5 Å². The molecule has 21 heavy (non-hydrogen) atoms. The highest BCUT2D eigenvalue weighted by Crippen LogP contribution is 2.26. The van der Waals surface area contributed by atoms with E-state index in [2.05, 4.69) is 0 Å². The number of aliphatic carboxylic acids is 1. The van der Waals surface area contributed by atoms with E-state index in [4.69, 9.17) is 5.11 Å². The van der Waals surface area contributed by atoms with Crippen LogP contribution in [0.3, 0.4) is 0 Å². The first-order chi connectivity index (χ1) is 9.71. The quantitative estimate of drug-likeness (QED) is 0.859. The first kappa shape index (κ1) is 15.9. The molecule has 0 saturated carbocycles. The number of sulfonamides is 1. The smallest absolute Gasteiger partial charge is 0.307 e. The Balaban J connectivity index is 2.14. The van der Waals surface area contributed by atoms with E-state index in [1.807, 2.05) is 0 Å². The fraction of sp³-hybridized carbons (Fsp3) is 0.500. The van der Waals surface area contributed by atoms with E-state index in [0.29, 0.717) is 18.4 Å². The molecular formula is C14H19NO5S. The van der Waals surface area contributed by atoms with Crippen LogP contribution in [0.2, 0.25) is 0 Å². The van der Waals surface area contributed by atoms with Crippen LogP contribution in [0, 0.1) is 0 Å². The molecule has 2 rings (SSSR count). The van der Waals surface area contributed by atoms with Crippen molar-refractivity contribution in [1.29, 1.82) is 0 Å². The number of carboxylic acids is 1. The third kappa shape index (κ3) is 3.81. The van der Waals surface area contributed by atoms with E-state index in [1.54, 1.807) is 6.92 Å². The first-order valence-electron chi connectivity index (χ1n) is 6.74. The van der Waals surface area contributed by atoms with Crippen LogP contribution in [0.5, 0.6) is 0 Å². The molecule has 0 radical (unpaired) electrons. The number of hydrogen-bond acceptors (Lipinski definition) is 4. The number of benzene rings is 1. The van der Waals surface area contributed by atoms with Crippen LogP contribution in [0.25, 0.3) is 0 Å². The number of carboxylic acid groups (broad SMARTS) is 1. The van der Waals surface area contributed by atoms with E-state index in [0.717, 1.165) is 0 Å². The van der Waals surface area contributed by atoms with Crippen LogP contribution in [-0.4, -0.2) is 47.6 Å². The van der Waals surface area contributed by atoms with Gasteiger partial charge in [-0.15, -0.1) is 0 Å². The molecule has 0 unspecified atom stereocenters. The Hall–Kier alpha value is -1.44. The molecule has 1 aliphatic rings. The van der Waals surface area contributed by atoms with Crippen LogP contribution in [0.15, 0.2) is 29.2 Å². The Bertz CT molecular complexity index is 611. The molecule has 1 aromatic carbocycles. The maximum absolute atomic E-state index is 12.5. The highest BCUT2D eigenvalue weighted by atomic mass is 32.2. The number of rotatable bonds is 4. The van der Waals surface area contributed by atoms with E-state index in [1.165, 1.54) is 28.6 Å². The summed E-state index contributed by atoms with van der Waals surface area (Å²) in [6.45, 7) is 2.27. The minimum Gasteiger partial charge on any atom is -0.481 e. The molecule has 2 N–H and O–H groups in total. The number of nitrogens with zero attached hydrogens (tertiary/aromatic N) is 1. The van der Waals surface area contributed by atoms with Gasteiger partial charge < -0.3 is 10.2 Å². The Morgan fingerprint density at radius 2 is 1.76 bits per heavy atom. The average Bonchev–Trinajstić information content (AvgIpc) is 2.38. The summed E-state index contributed by atoms with van der Waals surface area (Å²) in [5.74, 6) is -0.955. The SMILES string of the molecule is CC1(O)CCN(S(=O)(=O)c2ccc(CC(=O)O)cc2)CC1. The van der Waals surface area contributed by atoms with Gasteiger partial charge in [-0.1, -0.05) is 12.1 Å². The lowest BCUT2D eigenvalue weighted by atomic mass is 9.95. The lowest BCUT2D eigenvalue weighted by Crippen LogP contribution is -2.45. The van der Waals surface area contributed by atoms with Crippen molar-refractivity contribution in [3.63, 3.8) is 0 Å². The van der Waals surface area contributed by atoms with Crippen molar-refractivity contribution in [3.8, 4) is 0 Å². The molecule has 0 atom stereocenters. The van der Waals surface area contributed by atoms with Crippen molar-refractivity contribution in [1.82, 2.24) is 4.31 Å². The largest absolute Gasteiger partial charge is 0.481 e. The summed E-state index contributed by atoms with van der Waals surface area (Å²) in [6, 6.07) is 5.89. The second-order valence-corrected chi connectivity index (χ2v) is 7.55. The lowest BCUT2D eigenvalue weighted by Gasteiger charge is -2.34. The van der Waals surface area contributed by atoms with E-state index >= 15 is 0 Å². The standard InChI is InChI=1S/C14H19NO5S/c1-14(18)6-8-15(9-7-14)21(19,20)12-4-2-11(3-5-12)10-13(16)17/h2-5,18H,6-10H2,1H3,(H,16,17). The molecule has 0 amide bonds. The van der Waals surface area contributed by atoms with E-state index in [9.17, 15) is 18.3 Å². The molecule has 1 fully saturated rings. The van der Waals surface area contributed by atoms with Crippen LogP contribution >= 0.6 is 0 Å². The molecule has 0 bridgehead atoms. The lowest BCUT2D eigenvalue weighted by molar-refractivity contribution is -0.136. The summed E-state index contributed by atoms with van der Waals surface area (Å²) >= 11 is 0. The fourth-order valence-corrected chi connectivity index (χ4v) is 3.75. The van der Waals surface area contributed by atoms with Crippen molar-refractivity contribution in [2.75, 3.05) is 13.1 Å². The van der Waals surface area contributed by atoms with Crippen molar-refractivity contribution < 1.29 is 23.4 Å². The van der Waals surface area contributed by atoms with Crippen LogP contribution in [0.1, 0.15) is 25.3 Å². The summed E-state index contributed by atoms with van der Waals surface area (Å²) in [4.78, 5) is 10.8. The minimum atomic E-state index is -3.58. The zero-order valence-corrected chi connectivity index (χ0v) is 12.6. The molecule has 0 aromatic heterocycles. The van der Waals surface area contributed by atoms with Crippen LogP contribution in [-0.2, 0) is 21.2 Å². The Kier molecular flexibility index (Phi) is 4.36. The van der Waals surface area contributed by atoms with E-state index in [-0.39, 0.29) is 24.4 Å². The van der Waals surface area contributed by atoms with Crippen molar-refractivity contribution in [2.24, 2.45) is 0 Å². The molecule has 1 aromatic rings. The van der Waals surface area contributed by atoms with Gasteiger partial charge in [0.1, 0.15) is 0 Å². The molecule has 7 heteroatoms. The molecule has 0 spiro atoms. The zero-order chi connectivity index (χ0) is 15.7. The van der Waals surface area contributed by atoms with Gasteiger partial charge in [-0.25, -0.2) is 8.42 Å². The number of piperidine rings is 1. The predicted molar refractivity (Wildman–Crippen MR) is 76.4 cm³/mol.